The summed E-state index contributed by atoms with van der Waals surface area (Å²) in [6.07, 6.45) is 14.9. The lowest BCUT2D eigenvalue weighted by Gasteiger charge is -2.32. The zero-order chi connectivity index (χ0) is 27.8. The zero-order valence-electron chi connectivity index (χ0n) is 25.1. The van der Waals surface area contributed by atoms with Gasteiger partial charge in [0.25, 0.3) is 0 Å². The van der Waals surface area contributed by atoms with Crippen molar-refractivity contribution in [1.82, 2.24) is 10.2 Å². The summed E-state index contributed by atoms with van der Waals surface area (Å²) in [5, 5.41) is 6.12. The number of aliphatic imine (C=N–C) groups is 1. The van der Waals surface area contributed by atoms with E-state index in [0.29, 0.717) is 12.0 Å². The number of nitrogens with one attached hydrogen (secondary N) is 1. The van der Waals surface area contributed by atoms with Crippen LogP contribution in [-0.4, -0.2) is 56.9 Å². The van der Waals surface area contributed by atoms with Crippen molar-refractivity contribution in [1.29, 1.82) is 0 Å². The van der Waals surface area contributed by atoms with Crippen molar-refractivity contribution in [2.75, 3.05) is 45.2 Å². The SMILES string of the molecule is C=C(C(/C=C\C)=N/C(N[C@H]1CC[C@@H](Cc2cc(N3CCCCC3)cc3c2=NCCN=3)CC1)=C(\C)CC)N(C)C. The van der Waals surface area contributed by atoms with Crippen LogP contribution in [-0.2, 0) is 6.42 Å². The Labute approximate surface area is 236 Å². The monoisotopic (exact) mass is 530 g/mol. The molecule has 3 aliphatic rings. The largest absolute Gasteiger partial charge is 0.376 e. The molecule has 1 saturated heterocycles. The molecule has 1 saturated carbocycles. The average molecular weight is 531 g/mol. The van der Waals surface area contributed by atoms with Gasteiger partial charge in [-0.3, -0.25) is 9.98 Å². The Hall–Kier alpha value is -2.89. The van der Waals surface area contributed by atoms with E-state index < -0.39 is 0 Å². The van der Waals surface area contributed by atoms with Gasteiger partial charge in [0, 0.05) is 38.9 Å². The third-order valence-electron chi connectivity index (χ3n) is 8.55. The fourth-order valence-electron chi connectivity index (χ4n) is 5.93. The van der Waals surface area contributed by atoms with E-state index in [0.717, 1.165) is 53.9 Å². The van der Waals surface area contributed by atoms with Gasteiger partial charge >= 0.3 is 0 Å². The van der Waals surface area contributed by atoms with Crippen molar-refractivity contribution < 1.29 is 0 Å². The summed E-state index contributed by atoms with van der Waals surface area (Å²) in [4.78, 5) is 19.5. The van der Waals surface area contributed by atoms with Crippen LogP contribution in [0, 0.1) is 5.92 Å². The summed E-state index contributed by atoms with van der Waals surface area (Å²) in [6, 6.07) is 5.19. The minimum atomic E-state index is 0.453. The lowest BCUT2D eigenvalue weighted by molar-refractivity contribution is 0.300. The van der Waals surface area contributed by atoms with E-state index in [9.17, 15) is 0 Å². The summed E-state index contributed by atoms with van der Waals surface area (Å²) in [5.74, 6) is 1.71. The van der Waals surface area contributed by atoms with Crippen molar-refractivity contribution in [2.24, 2.45) is 20.9 Å². The molecule has 1 aromatic carbocycles. The number of piperidine rings is 1. The van der Waals surface area contributed by atoms with Crippen molar-refractivity contribution in [3.8, 4) is 0 Å². The number of hydrogen-bond donors (Lipinski definition) is 1. The molecular weight excluding hydrogens is 480 g/mol. The van der Waals surface area contributed by atoms with Gasteiger partial charge in [0.1, 0.15) is 5.82 Å². The number of hydrogen-bond acceptors (Lipinski definition) is 6. The van der Waals surface area contributed by atoms with E-state index in [1.807, 2.05) is 32.0 Å². The van der Waals surface area contributed by atoms with Crippen LogP contribution in [0.4, 0.5) is 5.69 Å². The molecule has 1 aromatic rings. The average Bonchev–Trinajstić information content (AvgIpc) is 2.96. The van der Waals surface area contributed by atoms with Crippen molar-refractivity contribution in [2.45, 2.75) is 84.6 Å². The van der Waals surface area contributed by atoms with Gasteiger partial charge in [0.2, 0.25) is 0 Å². The highest BCUT2D eigenvalue weighted by Gasteiger charge is 2.24. The normalized spacial score (nSPS) is 22.5. The van der Waals surface area contributed by atoms with Crippen molar-refractivity contribution in [3.05, 3.63) is 64.2 Å². The van der Waals surface area contributed by atoms with Gasteiger partial charge in [-0.1, -0.05) is 19.6 Å². The van der Waals surface area contributed by atoms with E-state index >= 15 is 0 Å². The van der Waals surface area contributed by atoms with E-state index in [-0.39, 0.29) is 0 Å². The highest BCUT2D eigenvalue weighted by Crippen LogP contribution is 2.29. The van der Waals surface area contributed by atoms with Crippen LogP contribution in [0.5, 0.6) is 0 Å². The molecule has 39 heavy (non-hydrogen) atoms. The molecule has 2 heterocycles. The van der Waals surface area contributed by atoms with Crippen LogP contribution in [0.25, 0.3) is 0 Å². The molecule has 2 fully saturated rings. The number of allylic oxidation sites excluding steroid dienone is 3. The van der Waals surface area contributed by atoms with E-state index in [2.05, 4.69) is 48.9 Å². The molecule has 0 spiro atoms. The second-order valence-electron chi connectivity index (χ2n) is 11.7. The lowest BCUT2D eigenvalue weighted by Crippen LogP contribution is -2.38. The Morgan fingerprint density at radius 1 is 1.10 bits per heavy atom. The first-order valence-corrected chi connectivity index (χ1v) is 15.2. The van der Waals surface area contributed by atoms with Crippen LogP contribution in [0.2, 0.25) is 0 Å². The van der Waals surface area contributed by atoms with E-state index in [1.54, 1.807) is 0 Å². The first-order chi connectivity index (χ1) is 18.9. The highest BCUT2D eigenvalue weighted by molar-refractivity contribution is 6.07. The molecule has 6 nitrogen and oxygen atoms in total. The van der Waals surface area contributed by atoms with E-state index in [1.165, 1.54) is 74.9 Å². The van der Waals surface area contributed by atoms with Crippen LogP contribution in [0.15, 0.2) is 62.9 Å². The van der Waals surface area contributed by atoms with E-state index in [4.69, 9.17) is 15.0 Å². The number of benzene rings is 1. The summed E-state index contributed by atoms with van der Waals surface area (Å²) in [7, 11) is 4.04. The quantitative estimate of drug-likeness (QED) is 0.415. The summed E-state index contributed by atoms with van der Waals surface area (Å²) < 4.78 is 0. The second-order valence-corrected chi connectivity index (χ2v) is 11.7. The highest BCUT2D eigenvalue weighted by atomic mass is 15.1. The molecule has 0 amide bonds. The first kappa shape index (κ1) is 29.1. The molecule has 2 aliphatic heterocycles. The fourth-order valence-corrected chi connectivity index (χ4v) is 5.93. The number of nitrogens with zero attached hydrogens (tertiary/aromatic N) is 5. The van der Waals surface area contributed by atoms with Crippen LogP contribution in [0.3, 0.4) is 0 Å². The Balaban J connectivity index is 1.45. The van der Waals surface area contributed by atoms with Gasteiger partial charge in [0.15, 0.2) is 0 Å². The van der Waals surface area contributed by atoms with Crippen LogP contribution < -0.4 is 20.9 Å². The predicted molar refractivity (Wildman–Crippen MR) is 165 cm³/mol. The maximum Gasteiger partial charge on any atom is 0.125 e. The van der Waals surface area contributed by atoms with Crippen molar-refractivity contribution in [3.63, 3.8) is 0 Å². The van der Waals surface area contributed by atoms with Gasteiger partial charge in [-0.25, -0.2) is 4.99 Å². The van der Waals surface area contributed by atoms with Crippen molar-refractivity contribution >= 4 is 11.4 Å². The topological polar surface area (TPSA) is 55.6 Å². The van der Waals surface area contributed by atoms with Crippen LogP contribution >= 0.6 is 0 Å². The fraction of sp³-hybridized carbons (Fsp3) is 0.606. The standard InChI is InChI=1S/C33H50N6/c1-7-12-30(25(4)38(5)6)37-33(24(3)8-2)36-28-15-13-26(14-16-28)21-27-22-29(39-19-10-9-11-20-39)23-31-32(27)35-18-17-34-31/h7,12,22-23,26,28,36H,4,8-11,13-21H2,1-3,5-6H3/b12-7-,33-24+,37-30+/t26-,28+. The second kappa shape index (κ2) is 14.0. The summed E-state index contributed by atoms with van der Waals surface area (Å²) in [5.41, 5.74) is 5.90. The smallest absolute Gasteiger partial charge is 0.125 e. The number of rotatable bonds is 10. The Morgan fingerprint density at radius 2 is 1.82 bits per heavy atom. The van der Waals surface area contributed by atoms with Gasteiger partial charge in [-0.15, -0.1) is 0 Å². The molecule has 1 N–H and O–H groups in total. The zero-order valence-corrected chi connectivity index (χ0v) is 25.1. The van der Waals surface area contributed by atoms with Crippen LogP contribution in [0.1, 0.15) is 77.7 Å². The molecule has 0 atom stereocenters. The molecule has 4 rings (SSSR count). The molecule has 6 heteroatoms. The lowest BCUT2D eigenvalue weighted by atomic mass is 9.82. The molecule has 0 radical (unpaired) electrons. The van der Waals surface area contributed by atoms with Gasteiger partial charge in [0.05, 0.1) is 35.2 Å². The molecule has 0 aromatic heterocycles. The summed E-state index contributed by atoms with van der Waals surface area (Å²) >= 11 is 0. The Kier molecular flexibility index (Phi) is 10.4. The predicted octanol–water partition coefficient (Wildman–Crippen LogP) is 5.35. The number of anilines is 1. The molecule has 0 bridgehead atoms. The van der Waals surface area contributed by atoms with Gasteiger partial charge in [-0.05, 0) is 107 Å². The molecular formula is C33H50N6. The third kappa shape index (κ3) is 7.61. The third-order valence-corrected chi connectivity index (χ3v) is 8.55. The minimum Gasteiger partial charge on any atom is -0.376 e. The maximum absolute atomic E-state index is 5.07. The molecule has 0 unspecified atom stereocenters. The summed E-state index contributed by atoms with van der Waals surface area (Å²) in [6.45, 7) is 14.6. The van der Waals surface area contributed by atoms with Gasteiger partial charge < -0.3 is 15.1 Å². The molecule has 212 valence electrons. The number of fused-ring (bicyclic) bond motifs is 1. The minimum absolute atomic E-state index is 0.453. The van der Waals surface area contributed by atoms with Gasteiger partial charge in [-0.2, -0.15) is 0 Å². The first-order valence-electron chi connectivity index (χ1n) is 15.2. The Morgan fingerprint density at radius 3 is 2.49 bits per heavy atom. The maximum atomic E-state index is 5.07. The molecule has 1 aliphatic carbocycles. The Bertz CT molecular complexity index is 1210.